The van der Waals surface area contributed by atoms with E-state index in [1.807, 2.05) is 56.6 Å². The lowest BCUT2D eigenvalue weighted by molar-refractivity contribution is -0.117. The lowest BCUT2D eigenvalue weighted by Crippen LogP contribution is -2.26. The van der Waals surface area contributed by atoms with Crippen molar-refractivity contribution in [3.63, 3.8) is 0 Å². The first-order valence-corrected chi connectivity index (χ1v) is 11.9. The first kappa shape index (κ1) is 23.8. The minimum Gasteiger partial charge on any atom is -0.309 e. The Morgan fingerprint density at radius 3 is 2.53 bits per heavy atom. The van der Waals surface area contributed by atoms with E-state index in [-0.39, 0.29) is 11.7 Å². The third-order valence-corrected chi connectivity index (χ3v) is 6.19. The van der Waals surface area contributed by atoms with Crippen molar-refractivity contribution in [2.45, 2.75) is 45.6 Å². The quantitative estimate of drug-likeness (QED) is 0.429. The Morgan fingerprint density at radius 2 is 1.82 bits per heavy atom. The maximum absolute atomic E-state index is 12.8. The molecule has 1 aliphatic heterocycles. The molecule has 0 saturated heterocycles. The van der Waals surface area contributed by atoms with Gasteiger partial charge in [0.2, 0.25) is 5.91 Å². The average molecular weight is 457 g/mol. The van der Waals surface area contributed by atoms with Crippen molar-refractivity contribution in [2.24, 2.45) is 0 Å². The molecule has 0 unspecified atom stereocenters. The van der Waals surface area contributed by atoms with Crippen molar-refractivity contribution in [1.82, 2.24) is 14.9 Å². The Hall–Kier alpha value is -3.38. The van der Waals surface area contributed by atoms with E-state index in [2.05, 4.69) is 29.8 Å². The number of amides is 1. The molecular formula is C28H32N4O2. The first-order valence-electron chi connectivity index (χ1n) is 11.9. The Morgan fingerprint density at radius 1 is 1.09 bits per heavy atom. The molecule has 3 aromatic rings. The van der Waals surface area contributed by atoms with E-state index in [9.17, 15) is 9.59 Å². The summed E-state index contributed by atoms with van der Waals surface area (Å²) in [6.07, 6.45) is 3.47. The highest BCUT2D eigenvalue weighted by Crippen LogP contribution is 2.32. The molecule has 1 aliphatic rings. The number of hydrogen-bond donors (Lipinski definition) is 0. The number of rotatable bonds is 9. The van der Waals surface area contributed by atoms with E-state index >= 15 is 0 Å². The maximum atomic E-state index is 12.8. The van der Waals surface area contributed by atoms with E-state index in [4.69, 9.17) is 4.98 Å². The van der Waals surface area contributed by atoms with Crippen LogP contribution in [0.4, 0.5) is 5.82 Å². The Kier molecular flexibility index (Phi) is 7.17. The highest BCUT2D eigenvalue weighted by molar-refractivity contribution is 6.00. The monoisotopic (exact) mass is 456 g/mol. The number of hydrogen-bond acceptors (Lipinski definition) is 5. The van der Waals surface area contributed by atoms with E-state index in [0.29, 0.717) is 42.5 Å². The molecule has 0 aliphatic carbocycles. The number of Topliss-reactive ketones (excluding diaryl/α,β-unsaturated/α-hetero) is 1. The molecule has 2 aromatic carbocycles. The molecule has 6 heteroatoms. The summed E-state index contributed by atoms with van der Waals surface area (Å²) in [4.78, 5) is 38.5. The smallest absolute Gasteiger partial charge is 0.233 e. The predicted octanol–water partition coefficient (Wildman–Crippen LogP) is 4.88. The zero-order valence-electron chi connectivity index (χ0n) is 20.4. The number of anilines is 1. The molecular weight excluding hydrogens is 424 g/mol. The maximum Gasteiger partial charge on any atom is 0.233 e. The van der Waals surface area contributed by atoms with Gasteiger partial charge in [-0.2, -0.15) is 0 Å². The molecule has 6 nitrogen and oxygen atoms in total. The lowest BCUT2D eigenvalue weighted by Gasteiger charge is -2.18. The second-order valence-electron chi connectivity index (χ2n) is 9.47. The molecule has 176 valence electrons. The fraction of sp³-hybridized carbons (Fsp3) is 0.357. The number of aromatic nitrogens is 2. The van der Waals surface area contributed by atoms with Crippen molar-refractivity contribution >= 4 is 17.5 Å². The van der Waals surface area contributed by atoms with Gasteiger partial charge in [0.25, 0.3) is 0 Å². The van der Waals surface area contributed by atoms with Crippen LogP contribution in [0.5, 0.6) is 0 Å². The van der Waals surface area contributed by atoms with Crippen molar-refractivity contribution in [3.05, 3.63) is 77.0 Å². The molecule has 4 rings (SSSR count). The zero-order chi connectivity index (χ0) is 24.2. The fourth-order valence-corrected chi connectivity index (χ4v) is 4.31. The van der Waals surface area contributed by atoms with Gasteiger partial charge in [0, 0.05) is 29.3 Å². The number of benzene rings is 2. The van der Waals surface area contributed by atoms with E-state index < -0.39 is 0 Å². The van der Waals surface area contributed by atoms with E-state index in [1.165, 1.54) is 5.56 Å². The SMILES string of the molecule is CC(C)c1ccccc1-c1ncc2c(n1)N(Cc1ccc(C(=O)CCCN(C)C)cc1)C(=O)C2. The highest BCUT2D eigenvalue weighted by Gasteiger charge is 2.30. The number of carbonyl (C=O) groups excluding carboxylic acids is 2. The summed E-state index contributed by atoms with van der Waals surface area (Å²) in [5.41, 5.74) is 4.71. The van der Waals surface area contributed by atoms with Crippen LogP contribution in [0.25, 0.3) is 11.4 Å². The Balaban J connectivity index is 1.52. The molecule has 34 heavy (non-hydrogen) atoms. The molecule has 1 amide bonds. The Labute approximate surface area is 201 Å². The van der Waals surface area contributed by atoms with Crippen LogP contribution in [0, 0.1) is 0 Å². The van der Waals surface area contributed by atoms with Gasteiger partial charge in [-0.15, -0.1) is 0 Å². The predicted molar refractivity (Wildman–Crippen MR) is 135 cm³/mol. The molecule has 2 heterocycles. The van der Waals surface area contributed by atoms with Gasteiger partial charge < -0.3 is 4.90 Å². The normalized spacial score (nSPS) is 13.1. The summed E-state index contributed by atoms with van der Waals surface area (Å²) in [5.74, 6) is 1.83. The molecule has 0 spiro atoms. The third kappa shape index (κ3) is 5.23. The number of fused-ring (bicyclic) bond motifs is 1. The van der Waals surface area contributed by atoms with Gasteiger partial charge in [0.1, 0.15) is 5.82 Å². The van der Waals surface area contributed by atoms with Gasteiger partial charge in [0.15, 0.2) is 11.6 Å². The standard InChI is InChI=1S/C28H32N4O2/c1-19(2)23-8-5-6-9-24(23)27-29-17-22-16-26(34)32(28(22)30-27)18-20-11-13-21(14-12-20)25(33)10-7-15-31(3)4/h5-6,8-9,11-14,17,19H,7,10,15-16,18H2,1-4H3. The van der Waals surface area contributed by atoms with Crippen LogP contribution >= 0.6 is 0 Å². The second-order valence-corrected chi connectivity index (χ2v) is 9.47. The summed E-state index contributed by atoms with van der Waals surface area (Å²) in [5, 5.41) is 0. The van der Waals surface area contributed by atoms with Crippen LogP contribution in [0.2, 0.25) is 0 Å². The summed E-state index contributed by atoms with van der Waals surface area (Å²) in [6, 6.07) is 15.7. The summed E-state index contributed by atoms with van der Waals surface area (Å²) < 4.78 is 0. The molecule has 0 radical (unpaired) electrons. The minimum atomic E-state index is 0.0161. The molecule has 0 fully saturated rings. The first-order chi connectivity index (χ1) is 16.3. The molecule has 0 atom stereocenters. The zero-order valence-corrected chi connectivity index (χ0v) is 20.4. The number of carbonyl (C=O) groups is 2. The van der Waals surface area contributed by atoms with Crippen LogP contribution < -0.4 is 4.90 Å². The van der Waals surface area contributed by atoms with Crippen LogP contribution in [0.15, 0.2) is 54.7 Å². The van der Waals surface area contributed by atoms with Crippen LogP contribution in [-0.4, -0.2) is 47.2 Å². The average Bonchev–Trinajstić information content (AvgIpc) is 3.13. The third-order valence-electron chi connectivity index (χ3n) is 6.19. The molecule has 1 aromatic heterocycles. The lowest BCUT2D eigenvalue weighted by atomic mass is 9.97. The van der Waals surface area contributed by atoms with Crippen LogP contribution in [0.1, 0.15) is 59.7 Å². The minimum absolute atomic E-state index is 0.0161. The fourth-order valence-electron chi connectivity index (χ4n) is 4.31. The van der Waals surface area contributed by atoms with Gasteiger partial charge in [0.05, 0.1) is 13.0 Å². The highest BCUT2D eigenvalue weighted by atomic mass is 16.2. The van der Waals surface area contributed by atoms with Crippen molar-refractivity contribution in [1.29, 1.82) is 0 Å². The van der Waals surface area contributed by atoms with Gasteiger partial charge in [-0.05, 0) is 44.1 Å². The second kappa shape index (κ2) is 10.3. The largest absolute Gasteiger partial charge is 0.309 e. The van der Waals surface area contributed by atoms with Crippen LogP contribution in [0.3, 0.4) is 0 Å². The van der Waals surface area contributed by atoms with E-state index in [1.54, 1.807) is 11.1 Å². The molecule has 0 bridgehead atoms. The van der Waals surface area contributed by atoms with Gasteiger partial charge in [-0.1, -0.05) is 62.4 Å². The van der Waals surface area contributed by atoms with Gasteiger partial charge >= 0.3 is 0 Å². The van der Waals surface area contributed by atoms with Crippen molar-refractivity contribution in [2.75, 3.05) is 25.5 Å². The van der Waals surface area contributed by atoms with Crippen LogP contribution in [-0.2, 0) is 17.8 Å². The number of nitrogens with zero attached hydrogens (tertiary/aromatic N) is 4. The van der Waals surface area contributed by atoms with Gasteiger partial charge in [-0.25, -0.2) is 9.97 Å². The Bertz CT molecular complexity index is 1190. The van der Waals surface area contributed by atoms with Gasteiger partial charge in [-0.3, -0.25) is 14.5 Å². The number of ketones is 1. The molecule has 0 N–H and O–H groups in total. The summed E-state index contributed by atoms with van der Waals surface area (Å²) in [6.45, 7) is 5.62. The van der Waals surface area contributed by atoms with E-state index in [0.717, 1.165) is 29.7 Å². The molecule has 0 saturated carbocycles. The summed E-state index contributed by atoms with van der Waals surface area (Å²) >= 11 is 0. The topological polar surface area (TPSA) is 66.4 Å². The van der Waals surface area contributed by atoms with Crippen molar-refractivity contribution < 1.29 is 9.59 Å². The summed E-state index contributed by atoms with van der Waals surface area (Å²) in [7, 11) is 4.02. The van der Waals surface area contributed by atoms with Crippen molar-refractivity contribution in [3.8, 4) is 11.4 Å².